The van der Waals surface area contributed by atoms with Crippen molar-refractivity contribution < 1.29 is 18.9 Å². The molecule has 2 aromatic carbocycles. The average Bonchev–Trinajstić information content (AvgIpc) is 2.63. The Balaban J connectivity index is 1.67. The first-order valence-electron chi connectivity index (χ1n) is 8.54. The van der Waals surface area contributed by atoms with Crippen molar-refractivity contribution in [2.45, 2.75) is 13.8 Å². The Kier molecular flexibility index (Phi) is 8.32. The van der Waals surface area contributed by atoms with E-state index in [0.29, 0.717) is 42.9 Å². The van der Waals surface area contributed by atoms with Crippen molar-refractivity contribution in [3.05, 3.63) is 58.6 Å². The molecule has 0 heterocycles. The van der Waals surface area contributed by atoms with Crippen LogP contribution in [0.4, 0.5) is 0 Å². The smallest absolute Gasteiger partial charge is 0.161 e. The Bertz CT molecular complexity index is 728. The molecule has 0 spiro atoms. The predicted molar refractivity (Wildman–Crippen MR) is 106 cm³/mol. The van der Waals surface area contributed by atoms with E-state index in [1.165, 1.54) is 0 Å². The van der Waals surface area contributed by atoms with Crippen LogP contribution in [0.2, 0.25) is 5.02 Å². The van der Waals surface area contributed by atoms with Crippen LogP contribution in [0.25, 0.3) is 6.08 Å². The Morgan fingerprint density at radius 1 is 0.885 bits per heavy atom. The highest BCUT2D eigenvalue weighted by Crippen LogP contribution is 2.28. The Morgan fingerprint density at radius 3 is 2.23 bits per heavy atom. The van der Waals surface area contributed by atoms with E-state index in [2.05, 4.69) is 0 Å². The normalized spacial score (nSPS) is 10.9. The molecule has 2 rings (SSSR count). The van der Waals surface area contributed by atoms with Crippen LogP contribution in [0.5, 0.6) is 17.2 Å². The van der Waals surface area contributed by atoms with Gasteiger partial charge in [-0.15, -0.1) is 0 Å². The molecule has 0 unspecified atom stereocenters. The van der Waals surface area contributed by atoms with Crippen LogP contribution < -0.4 is 14.2 Å². The number of benzene rings is 2. The van der Waals surface area contributed by atoms with Gasteiger partial charge in [0, 0.05) is 5.02 Å². The first-order valence-corrected chi connectivity index (χ1v) is 8.92. The summed E-state index contributed by atoms with van der Waals surface area (Å²) in [5.41, 5.74) is 2.08. The summed E-state index contributed by atoms with van der Waals surface area (Å²) in [6.07, 6.45) is 3.99. The minimum Gasteiger partial charge on any atom is -0.493 e. The number of rotatable bonds is 10. The van der Waals surface area contributed by atoms with Gasteiger partial charge < -0.3 is 18.9 Å². The summed E-state index contributed by atoms with van der Waals surface area (Å²) in [4.78, 5) is 0. The molecule has 0 aromatic heterocycles. The van der Waals surface area contributed by atoms with Gasteiger partial charge in [0.25, 0.3) is 0 Å². The number of aryl methyl sites for hydroxylation is 1. The zero-order chi connectivity index (χ0) is 18.8. The minimum atomic E-state index is 0.444. The van der Waals surface area contributed by atoms with Crippen molar-refractivity contribution in [3.8, 4) is 17.2 Å². The molecular weight excluding hydrogens is 352 g/mol. The molecule has 140 valence electrons. The largest absolute Gasteiger partial charge is 0.493 e. The van der Waals surface area contributed by atoms with Crippen LogP contribution >= 0.6 is 11.6 Å². The quantitative estimate of drug-likeness (QED) is 0.536. The van der Waals surface area contributed by atoms with Gasteiger partial charge in [0.1, 0.15) is 19.0 Å². The molecular formula is C21H25ClO4. The van der Waals surface area contributed by atoms with E-state index >= 15 is 0 Å². The number of hydrogen-bond acceptors (Lipinski definition) is 4. The zero-order valence-electron chi connectivity index (χ0n) is 15.5. The maximum atomic E-state index is 5.93. The molecule has 0 bridgehead atoms. The average molecular weight is 377 g/mol. The van der Waals surface area contributed by atoms with Gasteiger partial charge in [0.05, 0.1) is 20.3 Å². The SMILES string of the molecule is C/C=C/c1ccc(OCCOCCOc2ccc(Cl)cc2C)c(OC)c1. The van der Waals surface area contributed by atoms with Gasteiger partial charge in [-0.3, -0.25) is 0 Å². The van der Waals surface area contributed by atoms with Crippen LogP contribution in [0, 0.1) is 6.92 Å². The van der Waals surface area contributed by atoms with Crippen molar-refractivity contribution in [3.63, 3.8) is 0 Å². The van der Waals surface area contributed by atoms with E-state index in [1.807, 2.05) is 62.4 Å². The molecule has 0 aliphatic rings. The molecule has 4 nitrogen and oxygen atoms in total. The number of ether oxygens (including phenoxy) is 4. The van der Waals surface area contributed by atoms with Crippen molar-refractivity contribution in [1.82, 2.24) is 0 Å². The maximum Gasteiger partial charge on any atom is 0.161 e. The topological polar surface area (TPSA) is 36.9 Å². The Morgan fingerprint density at radius 2 is 1.58 bits per heavy atom. The molecule has 0 saturated carbocycles. The van der Waals surface area contributed by atoms with E-state index < -0.39 is 0 Å². The summed E-state index contributed by atoms with van der Waals surface area (Å²) in [6, 6.07) is 11.4. The first-order chi connectivity index (χ1) is 12.6. The lowest BCUT2D eigenvalue weighted by molar-refractivity contribution is 0.0756. The highest BCUT2D eigenvalue weighted by Gasteiger charge is 2.05. The molecule has 0 radical (unpaired) electrons. The zero-order valence-corrected chi connectivity index (χ0v) is 16.2. The highest BCUT2D eigenvalue weighted by molar-refractivity contribution is 6.30. The molecule has 0 amide bonds. The van der Waals surface area contributed by atoms with Crippen LogP contribution in [0.15, 0.2) is 42.5 Å². The van der Waals surface area contributed by atoms with Crippen LogP contribution in [0.3, 0.4) is 0 Å². The summed E-state index contributed by atoms with van der Waals surface area (Å²) in [7, 11) is 1.63. The monoisotopic (exact) mass is 376 g/mol. The minimum absolute atomic E-state index is 0.444. The Hall–Kier alpha value is -2.17. The fraction of sp³-hybridized carbons (Fsp3) is 0.333. The molecule has 0 aliphatic heterocycles. The number of hydrogen-bond donors (Lipinski definition) is 0. The number of halogens is 1. The number of methoxy groups -OCH3 is 1. The summed E-state index contributed by atoms with van der Waals surface area (Å²) >= 11 is 5.93. The molecule has 0 saturated heterocycles. The lowest BCUT2D eigenvalue weighted by Gasteiger charge is -2.12. The van der Waals surface area contributed by atoms with Crippen LogP contribution in [-0.2, 0) is 4.74 Å². The molecule has 5 heteroatoms. The third-order valence-corrected chi connectivity index (χ3v) is 3.89. The van der Waals surface area contributed by atoms with E-state index in [4.69, 9.17) is 30.5 Å². The van der Waals surface area contributed by atoms with Gasteiger partial charge in [0.15, 0.2) is 11.5 Å². The van der Waals surface area contributed by atoms with E-state index in [-0.39, 0.29) is 0 Å². The molecule has 0 aliphatic carbocycles. The third kappa shape index (κ3) is 6.28. The Labute approximate surface area is 160 Å². The molecule has 0 fully saturated rings. The summed E-state index contributed by atoms with van der Waals surface area (Å²) < 4.78 is 22.3. The second kappa shape index (κ2) is 10.7. The predicted octanol–water partition coefficient (Wildman–Crippen LogP) is 5.16. The van der Waals surface area contributed by atoms with Gasteiger partial charge in [-0.25, -0.2) is 0 Å². The van der Waals surface area contributed by atoms with Gasteiger partial charge in [0.2, 0.25) is 0 Å². The molecule has 2 aromatic rings. The van der Waals surface area contributed by atoms with Gasteiger partial charge in [-0.05, 0) is 55.3 Å². The van der Waals surface area contributed by atoms with E-state index in [1.54, 1.807) is 7.11 Å². The second-order valence-corrected chi connectivity index (χ2v) is 6.07. The molecule has 0 N–H and O–H groups in total. The number of allylic oxidation sites excluding steroid dienone is 1. The van der Waals surface area contributed by atoms with Crippen molar-refractivity contribution >= 4 is 17.7 Å². The van der Waals surface area contributed by atoms with Crippen molar-refractivity contribution in [1.29, 1.82) is 0 Å². The first kappa shape index (κ1) is 20.1. The summed E-state index contributed by atoms with van der Waals surface area (Å²) in [5, 5.41) is 0.706. The van der Waals surface area contributed by atoms with E-state index in [9.17, 15) is 0 Å². The van der Waals surface area contributed by atoms with Crippen LogP contribution in [-0.4, -0.2) is 33.5 Å². The summed E-state index contributed by atoms with van der Waals surface area (Å²) in [5.74, 6) is 2.24. The van der Waals surface area contributed by atoms with Crippen molar-refractivity contribution in [2.24, 2.45) is 0 Å². The van der Waals surface area contributed by atoms with Gasteiger partial charge in [-0.2, -0.15) is 0 Å². The third-order valence-electron chi connectivity index (χ3n) is 3.65. The van der Waals surface area contributed by atoms with Gasteiger partial charge in [-0.1, -0.05) is 29.8 Å². The lowest BCUT2D eigenvalue weighted by Crippen LogP contribution is -2.12. The van der Waals surface area contributed by atoms with Gasteiger partial charge >= 0.3 is 0 Å². The van der Waals surface area contributed by atoms with Crippen LogP contribution in [0.1, 0.15) is 18.1 Å². The van der Waals surface area contributed by atoms with Crippen molar-refractivity contribution in [2.75, 3.05) is 33.5 Å². The fourth-order valence-electron chi connectivity index (χ4n) is 2.40. The highest BCUT2D eigenvalue weighted by atomic mass is 35.5. The fourth-order valence-corrected chi connectivity index (χ4v) is 2.62. The molecule has 26 heavy (non-hydrogen) atoms. The maximum absolute atomic E-state index is 5.93. The summed E-state index contributed by atoms with van der Waals surface area (Å²) in [6.45, 7) is 5.83. The molecule has 0 atom stereocenters. The van der Waals surface area contributed by atoms with E-state index in [0.717, 1.165) is 16.9 Å². The standard InChI is InChI=1S/C21H25ClO4/c1-4-5-17-6-8-20(21(15-17)23-3)26-13-11-24-10-12-25-19-9-7-18(22)14-16(19)2/h4-9,14-15H,10-13H2,1-3H3/b5-4+. The second-order valence-electron chi connectivity index (χ2n) is 5.63. The lowest BCUT2D eigenvalue weighted by atomic mass is 10.2.